The van der Waals surface area contributed by atoms with Gasteiger partial charge in [-0.1, -0.05) is 24.3 Å². The first-order valence-corrected chi connectivity index (χ1v) is 6.42. The van der Waals surface area contributed by atoms with Crippen LogP contribution in [0.15, 0.2) is 36.4 Å². The quantitative estimate of drug-likeness (QED) is 0.836. The topological polar surface area (TPSA) is 12.0 Å². The number of benzene rings is 2. The summed E-state index contributed by atoms with van der Waals surface area (Å²) in [5, 5.41) is 3.14. The van der Waals surface area contributed by atoms with Gasteiger partial charge in [0.25, 0.3) is 0 Å². The fraction of sp³-hybridized carbons (Fsp3) is 0.250. The maximum Gasteiger partial charge on any atom is 0.194 e. The van der Waals surface area contributed by atoms with Gasteiger partial charge >= 0.3 is 0 Å². The summed E-state index contributed by atoms with van der Waals surface area (Å²) in [6.45, 7) is 2.07. The van der Waals surface area contributed by atoms with Crippen LogP contribution in [0.25, 0.3) is 11.1 Å². The van der Waals surface area contributed by atoms with E-state index in [0.717, 1.165) is 24.1 Å². The molecule has 0 fully saturated rings. The van der Waals surface area contributed by atoms with Gasteiger partial charge in [-0.3, -0.25) is 0 Å². The molecular weight excluding hydrogens is 263 g/mol. The molecular formula is C16H16F3N. The van der Waals surface area contributed by atoms with Crippen LogP contribution in [0.3, 0.4) is 0 Å². The van der Waals surface area contributed by atoms with Crippen LogP contribution in [0, 0.1) is 17.5 Å². The Labute approximate surface area is 116 Å². The molecule has 0 bridgehead atoms. The van der Waals surface area contributed by atoms with Crippen LogP contribution in [0.2, 0.25) is 0 Å². The van der Waals surface area contributed by atoms with Crippen molar-refractivity contribution in [2.45, 2.75) is 19.4 Å². The molecule has 0 radical (unpaired) electrons. The Balaban J connectivity index is 2.26. The number of hydrogen-bond acceptors (Lipinski definition) is 1. The van der Waals surface area contributed by atoms with E-state index >= 15 is 0 Å². The summed E-state index contributed by atoms with van der Waals surface area (Å²) in [7, 11) is 1.89. The highest BCUT2D eigenvalue weighted by Crippen LogP contribution is 2.24. The van der Waals surface area contributed by atoms with Gasteiger partial charge in [-0.05, 0) is 49.2 Å². The van der Waals surface area contributed by atoms with Gasteiger partial charge in [0, 0.05) is 6.04 Å². The van der Waals surface area contributed by atoms with Crippen molar-refractivity contribution < 1.29 is 13.2 Å². The van der Waals surface area contributed by atoms with E-state index in [0.29, 0.717) is 17.2 Å². The smallest absolute Gasteiger partial charge is 0.194 e. The van der Waals surface area contributed by atoms with Crippen LogP contribution in [0.4, 0.5) is 13.2 Å². The van der Waals surface area contributed by atoms with Gasteiger partial charge < -0.3 is 5.32 Å². The Morgan fingerprint density at radius 2 is 1.50 bits per heavy atom. The third kappa shape index (κ3) is 3.20. The number of halogens is 3. The highest BCUT2D eigenvalue weighted by Gasteiger charge is 2.11. The molecule has 0 aliphatic carbocycles. The average Bonchev–Trinajstić information content (AvgIpc) is 2.45. The molecule has 1 nitrogen and oxygen atoms in total. The Hall–Kier alpha value is -1.81. The predicted molar refractivity (Wildman–Crippen MR) is 74.0 cm³/mol. The lowest BCUT2D eigenvalue weighted by molar-refractivity contribution is 0.448. The standard InChI is InChI=1S/C16H16F3N/c1-10(20-2)7-11-3-5-12(6-4-11)13-8-14(17)16(19)15(18)9-13/h3-6,8-10,20H,7H2,1-2H3. The summed E-state index contributed by atoms with van der Waals surface area (Å²) < 4.78 is 39.3. The zero-order chi connectivity index (χ0) is 14.7. The molecule has 4 heteroatoms. The molecule has 2 rings (SSSR count). The maximum atomic E-state index is 13.2. The van der Waals surface area contributed by atoms with E-state index in [4.69, 9.17) is 0 Å². The summed E-state index contributed by atoms with van der Waals surface area (Å²) in [5.74, 6) is -3.78. The summed E-state index contributed by atoms with van der Waals surface area (Å²) in [6.07, 6.45) is 0.864. The third-order valence-corrected chi connectivity index (χ3v) is 3.31. The molecule has 2 aromatic carbocycles. The molecule has 2 aromatic rings. The summed E-state index contributed by atoms with van der Waals surface area (Å²) in [4.78, 5) is 0. The van der Waals surface area contributed by atoms with Gasteiger partial charge in [-0.25, -0.2) is 13.2 Å². The minimum Gasteiger partial charge on any atom is -0.317 e. The second-order valence-corrected chi connectivity index (χ2v) is 4.84. The first kappa shape index (κ1) is 14.6. The van der Waals surface area contributed by atoms with E-state index in [1.165, 1.54) is 0 Å². The van der Waals surface area contributed by atoms with Crippen LogP contribution in [0.1, 0.15) is 12.5 Å². The van der Waals surface area contributed by atoms with Crippen molar-refractivity contribution in [3.8, 4) is 11.1 Å². The van der Waals surface area contributed by atoms with Crippen LogP contribution in [-0.4, -0.2) is 13.1 Å². The third-order valence-electron chi connectivity index (χ3n) is 3.31. The Morgan fingerprint density at radius 1 is 0.950 bits per heavy atom. The van der Waals surface area contributed by atoms with Gasteiger partial charge in [0.05, 0.1) is 0 Å². The molecule has 0 aliphatic rings. The SMILES string of the molecule is CNC(C)Cc1ccc(-c2cc(F)c(F)c(F)c2)cc1. The molecule has 1 N–H and O–H groups in total. The molecule has 0 saturated heterocycles. The van der Waals surface area contributed by atoms with Crippen molar-refractivity contribution in [2.24, 2.45) is 0 Å². The Morgan fingerprint density at radius 3 is 2.00 bits per heavy atom. The van der Waals surface area contributed by atoms with Gasteiger partial charge in [0.15, 0.2) is 17.5 Å². The van der Waals surface area contributed by atoms with E-state index in [2.05, 4.69) is 12.2 Å². The van der Waals surface area contributed by atoms with Crippen LogP contribution < -0.4 is 5.32 Å². The molecule has 0 aromatic heterocycles. The van der Waals surface area contributed by atoms with Gasteiger partial charge in [-0.2, -0.15) is 0 Å². The van der Waals surface area contributed by atoms with Crippen molar-refractivity contribution in [3.05, 3.63) is 59.4 Å². The fourth-order valence-corrected chi connectivity index (χ4v) is 2.01. The predicted octanol–water partition coefficient (Wildman–Crippen LogP) is 3.92. The average molecular weight is 279 g/mol. The lowest BCUT2D eigenvalue weighted by atomic mass is 10.0. The minimum absolute atomic E-state index is 0.328. The number of nitrogens with one attached hydrogen (secondary N) is 1. The zero-order valence-electron chi connectivity index (χ0n) is 11.4. The van der Waals surface area contributed by atoms with Crippen LogP contribution >= 0.6 is 0 Å². The molecule has 0 amide bonds. The van der Waals surface area contributed by atoms with Gasteiger partial charge in [0.1, 0.15) is 0 Å². The number of hydrogen-bond donors (Lipinski definition) is 1. The number of rotatable bonds is 4. The molecule has 1 unspecified atom stereocenters. The Bertz CT molecular complexity index is 570. The van der Waals surface area contributed by atoms with E-state index in [-0.39, 0.29) is 0 Å². The summed E-state index contributed by atoms with van der Waals surface area (Å²) >= 11 is 0. The normalized spacial score (nSPS) is 12.4. The molecule has 0 aliphatic heterocycles. The summed E-state index contributed by atoms with van der Waals surface area (Å²) in [5.41, 5.74) is 2.11. The lowest BCUT2D eigenvalue weighted by Crippen LogP contribution is -2.23. The lowest BCUT2D eigenvalue weighted by Gasteiger charge is -2.10. The Kier molecular flexibility index (Phi) is 4.45. The van der Waals surface area contributed by atoms with Crippen molar-refractivity contribution in [1.29, 1.82) is 0 Å². The van der Waals surface area contributed by atoms with Crippen molar-refractivity contribution in [2.75, 3.05) is 7.05 Å². The van der Waals surface area contributed by atoms with Crippen LogP contribution in [0.5, 0.6) is 0 Å². The monoisotopic (exact) mass is 279 g/mol. The van der Waals surface area contributed by atoms with E-state index in [9.17, 15) is 13.2 Å². The van der Waals surface area contributed by atoms with Crippen molar-refractivity contribution in [3.63, 3.8) is 0 Å². The largest absolute Gasteiger partial charge is 0.317 e. The summed E-state index contributed by atoms with van der Waals surface area (Å²) in [6, 6.07) is 9.73. The number of likely N-dealkylation sites (N-methyl/N-ethyl adjacent to an activating group) is 1. The van der Waals surface area contributed by atoms with Crippen molar-refractivity contribution >= 4 is 0 Å². The maximum absolute atomic E-state index is 13.2. The first-order valence-electron chi connectivity index (χ1n) is 6.42. The van der Waals surface area contributed by atoms with E-state index in [1.54, 1.807) is 12.1 Å². The molecule has 20 heavy (non-hydrogen) atoms. The highest BCUT2D eigenvalue weighted by molar-refractivity contribution is 5.63. The van der Waals surface area contributed by atoms with Gasteiger partial charge in [0.2, 0.25) is 0 Å². The fourth-order valence-electron chi connectivity index (χ4n) is 2.01. The zero-order valence-corrected chi connectivity index (χ0v) is 11.4. The van der Waals surface area contributed by atoms with Crippen molar-refractivity contribution in [1.82, 2.24) is 5.32 Å². The van der Waals surface area contributed by atoms with E-state index in [1.807, 2.05) is 19.2 Å². The minimum atomic E-state index is -1.44. The molecule has 106 valence electrons. The second-order valence-electron chi connectivity index (χ2n) is 4.84. The molecule has 0 saturated carbocycles. The molecule has 1 atom stereocenters. The molecule has 0 heterocycles. The highest BCUT2D eigenvalue weighted by atomic mass is 19.2. The van der Waals surface area contributed by atoms with Gasteiger partial charge in [-0.15, -0.1) is 0 Å². The second kappa shape index (κ2) is 6.09. The van der Waals surface area contributed by atoms with E-state index < -0.39 is 17.5 Å². The van der Waals surface area contributed by atoms with Crippen LogP contribution in [-0.2, 0) is 6.42 Å². The molecule has 0 spiro atoms. The first-order chi connectivity index (χ1) is 9.51.